The Kier molecular flexibility index (Phi) is 5.77. The molecule has 132 valence electrons. The lowest BCUT2D eigenvalue weighted by molar-refractivity contribution is -0.152. The third kappa shape index (κ3) is 4.21. The standard InChI is InChI=1S/C17H23NO5S/c1-12-4-5-16(10-13(12)2)24(21,22)18-8-6-15(7-9-18)17(20)23-11-14(3)19/h4-5,10,15H,6-9,11H2,1-3H3. The molecule has 2 rings (SSSR count). The Bertz CT molecular complexity index is 733. The molecule has 0 spiro atoms. The van der Waals surface area contributed by atoms with Crippen LogP contribution in [0.3, 0.4) is 0 Å². The molecule has 0 N–H and O–H groups in total. The highest BCUT2D eigenvalue weighted by atomic mass is 32.2. The first-order chi connectivity index (χ1) is 11.2. The number of Topliss-reactive ketones (excluding diaryl/α,β-unsaturated/α-hetero) is 1. The van der Waals surface area contributed by atoms with Gasteiger partial charge >= 0.3 is 5.97 Å². The van der Waals surface area contributed by atoms with Crippen molar-refractivity contribution in [2.24, 2.45) is 5.92 Å². The number of rotatable bonds is 5. The van der Waals surface area contributed by atoms with Crippen molar-refractivity contribution in [3.05, 3.63) is 29.3 Å². The van der Waals surface area contributed by atoms with Crippen LogP contribution < -0.4 is 0 Å². The Balaban J connectivity index is 2.01. The van der Waals surface area contributed by atoms with E-state index < -0.39 is 16.0 Å². The van der Waals surface area contributed by atoms with Crippen LogP contribution in [0.5, 0.6) is 0 Å². The average Bonchev–Trinajstić information content (AvgIpc) is 2.55. The van der Waals surface area contributed by atoms with E-state index in [1.54, 1.807) is 18.2 Å². The second kappa shape index (κ2) is 7.44. The molecule has 1 fully saturated rings. The lowest BCUT2D eigenvalue weighted by atomic mass is 9.98. The van der Waals surface area contributed by atoms with E-state index in [-0.39, 0.29) is 36.3 Å². The molecule has 7 heteroatoms. The lowest BCUT2D eigenvalue weighted by Gasteiger charge is -2.30. The zero-order valence-corrected chi connectivity index (χ0v) is 15.1. The van der Waals surface area contributed by atoms with E-state index in [9.17, 15) is 18.0 Å². The summed E-state index contributed by atoms with van der Waals surface area (Å²) < 4.78 is 31.7. The van der Waals surface area contributed by atoms with Gasteiger partial charge in [-0.05, 0) is 56.9 Å². The topological polar surface area (TPSA) is 80.8 Å². The van der Waals surface area contributed by atoms with Crippen LogP contribution in [-0.4, -0.2) is 44.2 Å². The van der Waals surface area contributed by atoms with E-state index in [4.69, 9.17) is 4.74 Å². The molecule has 0 aromatic heterocycles. The number of ketones is 1. The van der Waals surface area contributed by atoms with Crippen LogP contribution in [0.4, 0.5) is 0 Å². The van der Waals surface area contributed by atoms with Crippen molar-refractivity contribution in [1.29, 1.82) is 0 Å². The third-order valence-corrected chi connectivity index (χ3v) is 6.22. The molecule has 1 aliphatic heterocycles. The van der Waals surface area contributed by atoms with Crippen molar-refractivity contribution in [2.45, 2.75) is 38.5 Å². The Hall–Kier alpha value is -1.73. The summed E-state index contributed by atoms with van der Waals surface area (Å²) in [7, 11) is -3.55. The number of piperidine rings is 1. The van der Waals surface area contributed by atoms with Crippen molar-refractivity contribution in [1.82, 2.24) is 4.31 Å². The van der Waals surface area contributed by atoms with Gasteiger partial charge in [-0.2, -0.15) is 4.31 Å². The van der Waals surface area contributed by atoms with E-state index in [1.807, 2.05) is 13.8 Å². The van der Waals surface area contributed by atoms with Crippen molar-refractivity contribution >= 4 is 21.8 Å². The molecule has 0 atom stereocenters. The van der Waals surface area contributed by atoms with Gasteiger partial charge in [-0.3, -0.25) is 9.59 Å². The number of benzene rings is 1. The number of carbonyl (C=O) groups is 2. The molecule has 0 radical (unpaired) electrons. The summed E-state index contributed by atoms with van der Waals surface area (Å²) in [6, 6.07) is 5.09. The zero-order valence-electron chi connectivity index (χ0n) is 14.2. The molecule has 1 aromatic carbocycles. The van der Waals surface area contributed by atoms with Gasteiger partial charge < -0.3 is 4.74 Å². The number of hydrogen-bond donors (Lipinski definition) is 0. The van der Waals surface area contributed by atoms with Crippen molar-refractivity contribution < 1.29 is 22.7 Å². The number of hydrogen-bond acceptors (Lipinski definition) is 5. The van der Waals surface area contributed by atoms with Crippen LogP contribution in [0.2, 0.25) is 0 Å². The number of sulfonamides is 1. The van der Waals surface area contributed by atoms with Crippen LogP contribution in [0.25, 0.3) is 0 Å². The fraction of sp³-hybridized carbons (Fsp3) is 0.529. The van der Waals surface area contributed by atoms with E-state index in [0.717, 1.165) is 11.1 Å². The van der Waals surface area contributed by atoms with Gasteiger partial charge in [-0.1, -0.05) is 6.07 Å². The second-order valence-electron chi connectivity index (χ2n) is 6.23. The minimum absolute atomic E-state index is 0.210. The molecular formula is C17H23NO5S. The summed E-state index contributed by atoms with van der Waals surface area (Å²) in [5.74, 6) is -0.984. The van der Waals surface area contributed by atoms with E-state index in [1.165, 1.54) is 11.2 Å². The number of ether oxygens (including phenoxy) is 1. The summed E-state index contributed by atoms with van der Waals surface area (Å²) >= 11 is 0. The molecule has 0 unspecified atom stereocenters. The van der Waals surface area contributed by atoms with Crippen LogP contribution in [0.15, 0.2) is 23.1 Å². The van der Waals surface area contributed by atoms with Gasteiger partial charge in [0.05, 0.1) is 10.8 Å². The van der Waals surface area contributed by atoms with Gasteiger partial charge in [-0.25, -0.2) is 8.42 Å². The Morgan fingerprint density at radius 1 is 1.17 bits per heavy atom. The number of esters is 1. The maximum Gasteiger partial charge on any atom is 0.309 e. The predicted molar refractivity (Wildman–Crippen MR) is 89.0 cm³/mol. The maximum atomic E-state index is 12.7. The van der Waals surface area contributed by atoms with Crippen LogP contribution in [0, 0.1) is 19.8 Å². The second-order valence-corrected chi connectivity index (χ2v) is 8.17. The lowest BCUT2D eigenvalue weighted by Crippen LogP contribution is -2.40. The summed E-state index contributed by atoms with van der Waals surface area (Å²) in [6.07, 6.45) is 0.807. The van der Waals surface area contributed by atoms with Gasteiger partial charge in [0.25, 0.3) is 0 Å². The SMILES string of the molecule is CC(=O)COC(=O)C1CCN(S(=O)(=O)c2ccc(C)c(C)c2)CC1. The molecule has 0 aliphatic carbocycles. The highest BCUT2D eigenvalue weighted by Crippen LogP contribution is 2.25. The van der Waals surface area contributed by atoms with Crippen molar-refractivity contribution in [2.75, 3.05) is 19.7 Å². The number of nitrogens with zero attached hydrogens (tertiary/aromatic N) is 1. The zero-order chi connectivity index (χ0) is 17.9. The highest BCUT2D eigenvalue weighted by Gasteiger charge is 2.33. The largest absolute Gasteiger partial charge is 0.457 e. The Morgan fingerprint density at radius 2 is 1.79 bits per heavy atom. The molecule has 6 nitrogen and oxygen atoms in total. The van der Waals surface area contributed by atoms with Crippen LogP contribution in [0.1, 0.15) is 30.9 Å². The first-order valence-electron chi connectivity index (χ1n) is 7.95. The quantitative estimate of drug-likeness (QED) is 0.755. The summed E-state index contributed by atoms with van der Waals surface area (Å²) in [6.45, 7) is 5.49. The molecule has 1 heterocycles. The van der Waals surface area contributed by atoms with Gasteiger partial charge in [-0.15, -0.1) is 0 Å². The van der Waals surface area contributed by atoms with E-state index in [2.05, 4.69) is 0 Å². The fourth-order valence-corrected chi connectivity index (χ4v) is 4.20. The molecule has 1 saturated heterocycles. The molecule has 24 heavy (non-hydrogen) atoms. The van der Waals surface area contributed by atoms with E-state index >= 15 is 0 Å². The Morgan fingerprint density at radius 3 is 2.33 bits per heavy atom. The van der Waals surface area contributed by atoms with Gasteiger partial charge in [0.15, 0.2) is 5.78 Å². The molecule has 0 bridgehead atoms. The fourth-order valence-electron chi connectivity index (χ4n) is 2.65. The molecule has 1 aliphatic rings. The van der Waals surface area contributed by atoms with E-state index in [0.29, 0.717) is 12.8 Å². The molecular weight excluding hydrogens is 330 g/mol. The van der Waals surface area contributed by atoms with Gasteiger partial charge in [0.2, 0.25) is 10.0 Å². The van der Waals surface area contributed by atoms with Crippen LogP contribution >= 0.6 is 0 Å². The van der Waals surface area contributed by atoms with Crippen LogP contribution in [-0.2, 0) is 24.3 Å². The normalized spacial score (nSPS) is 16.8. The maximum absolute atomic E-state index is 12.7. The molecule has 0 amide bonds. The van der Waals surface area contributed by atoms with Gasteiger partial charge in [0, 0.05) is 13.1 Å². The predicted octanol–water partition coefficient (Wildman–Crippen LogP) is 1.84. The molecule has 1 aromatic rings. The summed E-state index contributed by atoms with van der Waals surface area (Å²) in [5.41, 5.74) is 1.97. The third-order valence-electron chi connectivity index (χ3n) is 4.32. The van der Waals surface area contributed by atoms with Crippen molar-refractivity contribution in [3.63, 3.8) is 0 Å². The van der Waals surface area contributed by atoms with Crippen molar-refractivity contribution in [3.8, 4) is 0 Å². The minimum Gasteiger partial charge on any atom is -0.457 e. The summed E-state index contributed by atoms with van der Waals surface area (Å²) in [5, 5.41) is 0. The Labute approximate surface area is 142 Å². The highest BCUT2D eigenvalue weighted by molar-refractivity contribution is 7.89. The van der Waals surface area contributed by atoms with Gasteiger partial charge in [0.1, 0.15) is 6.61 Å². The number of carbonyl (C=O) groups excluding carboxylic acids is 2. The molecule has 0 saturated carbocycles. The minimum atomic E-state index is -3.55. The first kappa shape index (κ1) is 18.6. The average molecular weight is 353 g/mol. The summed E-state index contributed by atoms with van der Waals surface area (Å²) in [4.78, 5) is 23.0. The number of aryl methyl sites for hydroxylation is 2. The first-order valence-corrected chi connectivity index (χ1v) is 9.39. The monoisotopic (exact) mass is 353 g/mol. The smallest absolute Gasteiger partial charge is 0.309 e.